The summed E-state index contributed by atoms with van der Waals surface area (Å²) in [7, 11) is -4.51. The number of amides is 2. The molecule has 0 fully saturated rings. The van der Waals surface area contributed by atoms with E-state index in [4.69, 9.17) is 11.6 Å². The van der Waals surface area contributed by atoms with E-state index >= 15 is 0 Å². The van der Waals surface area contributed by atoms with Gasteiger partial charge >= 0.3 is 6.18 Å². The van der Waals surface area contributed by atoms with Crippen molar-refractivity contribution < 1.29 is 31.2 Å². The molecular weight excluding hydrogens is 591 g/mol. The van der Waals surface area contributed by atoms with E-state index in [1.165, 1.54) is 23.1 Å². The van der Waals surface area contributed by atoms with Gasteiger partial charge in [-0.05, 0) is 75.2 Å². The number of halogens is 4. The quantitative estimate of drug-likeness (QED) is 0.276. The van der Waals surface area contributed by atoms with E-state index in [9.17, 15) is 31.2 Å². The number of benzene rings is 3. The molecule has 12 heteroatoms. The fourth-order valence-electron chi connectivity index (χ4n) is 4.29. The van der Waals surface area contributed by atoms with Gasteiger partial charge in [0.05, 0.1) is 16.1 Å². The van der Waals surface area contributed by atoms with Crippen molar-refractivity contribution in [3.05, 3.63) is 94.5 Å². The molecule has 2 amide bonds. The minimum absolute atomic E-state index is 0.0684. The summed E-state index contributed by atoms with van der Waals surface area (Å²) in [5, 5.41) is 3.24. The van der Waals surface area contributed by atoms with Crippen molar-refractivity contribution in [3.63, 3.8) is 0 Å². The Hall–Kier alpha value is -3.57. The van der Waals surface area contributed by atoms with E-state index in [1.54, 1.807) is 64.1 Å². The molecule has 3 rings (SSSR count). The molecule has 7 nitrogen and oxygen atoms in total. The average Bonchev–Trinajstić information content (AvgIpc) is 2.92. The summed E-state index contributed by atoms with van der Waals surface area (Å²) < 4.78 is 69.2. The molecule has 226 valence electrons. The van der Waals surface area contributed by atoms with E-state index < -0.39 is 46.2 Å². The van der Waals surface area contributed by atoms with Crippen LogP contribution < -0.4 is 9.62 Å². The fourth-order valence-corrected chi connectivity index (χ4v) is 5.82. The maximum absolute atomic E-state index is 14.0. The SMILES string of the molecule is CC[C@H](C(=O)NC(C)C)N(Cc1ccc(Cl)cc1)C(=O)CN(c1cccc(C(F)(F)F)c1)S(=O)(=O)c1ccc(C)cc1. The van der Waals surface area contributed by atoms with Gasteiger partial charge < -0.3 is 10.2 Å². The number of alkyl halides is 3. The molecule has 0 saturated carbocycles. The lowest BCUT2D eigenvalue weighted by Crippen LogP contribution is -2.53. The second kappa shape index (κ2) is 13.6. The molecule has 1 atom stereocenters. The molecule has 0 aliphatic heterocycles. The second-order valence-corrected chi connectivity index (χ2v) is 12.4. The van der Waals surface area contributed by atoms with Crippen LogP contribution in [-0.4, -0.2) is 43.8 Å². The highest BCUT2D eigenvalue weighted by Crippen LogP contribution is 2.33. The molecule has 0 aromatic heterocycles. The minimum Gasteiger partial charge on any atom is -0.352 e. The number of hydrogen-bond donors (Lipinski definition) is 1. The van der Waals surface area contributed by atoms with E-state index in [2.05, 4.69) is 5.32 Å². The van der Waals surface area contributed by atoms with E-state index in [1.807, 2.05) is 0 Å². The van der Waals surface area contributed by atoms with Gasteiger partial charge in [-0.2, -0.15) is 13.2 Å². The van der Waals surface area contributed by atoms with E-state index in [0.717, 1.165) is 17.7 Å². The zero-order valence-corrected chi connectivity index (χ0v) is 25.2. The monoisotopic (exact) mass is 623 g/mol. The van der Waals surface area contributed by atoms with Gasteiger partial charge in [-0.1, -0.05) is 54.4 Å². The summed E-state index contributed by atoms with van der Waals surface area (Å²) in [5.74, 6) is -1.22. The molecular formula is C30H33ClF3N3O4S. The molecule has 0 bridgehead atoms. The molecule has 42 heavy (non-hydrogen) atoms. The van der Waals surface area contributed by atoms with Gasteiger partial charge in [0.1, 0.15) is 12.6 Å². The fraction of sp³-hybridized carbons (Fsp3) is 0.333. The lowest BCUT2D eigenvalue weighted by atomic mass is 10.1. The summed E-state index contributed by atoms with van der Waals surface area (Å²) >= 11 is 6.01. The zero-order valence-electron chi connectivity index (χ0n) is 23.7. The summed E-state index contributed by atoms with van der Waals surface area (Å²) in [5.41, 5.74) is -0.0236. The predicted molar refractivity (Wildman–Crippen MR) is 157 cm³/mol. The first-order valence-electron chi connectivity index (χ1n) is 13.2. The lowest BCUT2D eigenvalue weighted by Gasteiger charge is -2.33. The van der Waals surface area contributed by atoms with Gasteiger partial charge in [0.25, 0.3) is 10.0 Å². The maximum atomic E-state index is 14.0. The minimum atomic E-state index is -4.75. The topological polar surface area (TPSA) is 86.8 Å². The number of hydrogen-bond acceptors (Lipinski definition) is 4. The highest BCUT2D eigenvalue weighted by atomic mass is 35.5. The van der Waals surface area contributed by atoms with E-state index in [0.29, 0.717) is 21.0 Å². The predicted octanol–water partition coefficient (Wildman–Crippen LogP) is 6.19. The smallest absolute Gasteiger partial charge is 0.352 e. The average molecular weight is 624 g/mol. The highest BCUT2D eigenvalue weighted by molar-refractivity contribution is 7.92. The van der Waals surface area contributed by atoms with Gasteiger partial charge in [0.2, 0.25) is 11.8 Å². The van der Waals surface area contributed by atoms with Crippen LogP contribution in [0.15, 0.2) is 77.7 Å². The van der Waals surface area contributed by atoms with Crippen molar-refractivity contribution in [2.75, 3.05) is 10.8 Å². The van der Waals surface area contributed by atoms with Gasteiger partial charge in [0.15, 0.2) is 0 Å². The standard InChI is InChI=1S/C30H33ClF3N3O4S/c1-5-27(29(39)35-20(2)3)36(18-22-11-13-24(31)14-12-22)28(38)19-37(25-8-6-7-23(17-25)30(32,33)34)42(40,41)26-15-9-21(4)10-16-26/h6-17,20,27H,5,18-19H2,1-4H3,(H,35,39)/t27-/m1/s1. The number of anilines is 1. The summed E-state index contributed by atoms with van der Waals surface area (Å²) in [6, 6.07) is 14.9. The third-order valence-electron chi connectivity index (χ3n) is 6.43. The third kappa shape index (κ3) is 8.25. The number of nitrogens with one attached hydrogen (secondary N) is 1. The molecule has 3 aromatic carbocycles. The van der Waals surface area contributed by atoms with Crippen LogP contribution in [0, 0.1) is 6.92 Å². The number of carbonyl (C=O) groups is 2. The summed E-state index contributed by atoms with van der Waals surface area (Å²) in [4.78, 5) is 28.2. The summed E-state index contributed by atoms with van der Waals surface area (Å²) in [6.07, 6.45) is -4.55. The largest absolute Gasteiger partial charge is 0.416 e. The second-order valence-electron chi connectivity index (χ2n) is 10.1. The Bertz CT molecular complexity index is 1500. The molecule has 0 saturated heterocycles. The number of carbonyl (C=O) groups excluding carboxylic acids is 2. The number of nitrogens with zero attached hydrogens (tertiary/aromatic N) is 2. The van der Waals surface area contributed by atoms with Crippen LogP contribution >= 0.6 is 11.6 Å². The molecule has 0 unspecified atom stereocenters. The maximum Gasteiger partial charge on any atom is 0.416 e. The van der Waals surface area contributed by atoms with Crippen LogP contribution in [-0.2, 0) is 32.3 Å². The van der Waals surface area contributed by atoms with Crippen molar-refractivity contribution in [1.29, 1.82) is 0 Å². The Morgan fingerprint density at radius 3 is 2.14 bits per heavy atom. The first kappa shape index (κ1) is 32.9. The van der Waals surface area contributed by atoms with Crippen molar-refractivity contribution in [2.24, 2.45) is 0 Å². The molecule has 0 aliphatic rings. The molecule has 0 aliphatic carbocycles. The Labute approximate surface area is 249 Å². The molecule has 3 aromatic rings. The van der Waals surface area contributed by atoms with Gasteiger partial charge in [0, 0.05) is 17.6 Å². The Morgan fingerprint density at radius 1 is 0.976 bits per heavy atom. The van der Waals surface area contributed by atoms with Crippen LogP contribution in [0.25, 0.3) is 0 Å². The number of sulfonamides is 1. The third-order valence-corrected chi connectivity index (χ3v) is 8.47. The van der Waals surface area contributed by atoms with Crippen molar-refractivity contribution in [2.45, 2.75) is 63.8 Å². The summed E-state index contributed by atoms with van der Waals surface area (Å²) in [6.45, 7) is 6.07. The van der Waals surface area contributed by atoms with Crippen molar-refractivity contribution in [3.8, 4) is 0 Å². The highest BCUT2D eigenvalue weighted by Gasteiger charge is 2.36. The first-order valence-corrected chi connectivity index (χ1v) is 15.1. The molecule has 0 spiro atoms. The van der Waals surface area contributed by atoms with E-state index in [-0.39, 0.29) is 29.6 Å². The van der Waals surface area contributed by atoms with Crippen molar-refractivity contribution in [1.82, 2.24) is 10.2 Å². The van der Waals surface area contributed by atoms with Crippen LogP contribution in [0.4, 0.5) is 18.9 Å². The molecule has 0 radical (unpaired) electrons. The Balaban J connectivity index is 2.12. The Morgan fingerprint density at radius 2 is 1.60 bits per heavy atom. The van der Waals surface area contributed by atoms with Gasteiger partial charge in [-0.3, -0.25) is 13.9 Å². The molecule has 1 N–H and O–H groups in total. The van der Waals surface area contributed by atoms with Crippen molar-refractivity contribution >= 4 is 39.1 Å². The Kier molecular flexibility index (Phi) is 10.7. The van der Waals surface area contributed by atoms with Crippen LogP contribution in [0.1, 0.15) is 43.9 Å². The van der Waals surface area contributed by atoms with Crippen LogP contribution in [0.5, 0.6) is 0 Å². The normalized spacial score (nSPS) is 12.6. The van der Waals surface area contributed by atoms with Gasteiger partial charge in [-0.15, -0.1) is 0 Å². The first-order chi connectivity index (χ1) is 19.6. The number of rotatable bonds is 11. The lowest BCUT2D eigenvalue weighted by molar-refractivity contribution is -0.140. The zero-order chi connectivity index (χ0) is 31.2. The molecule has 0 heterocycles. The van der Waals surface area contributed by atoms with Crippen LogP contribution in [0.3, 0.4) is 0 Å². The number of aryl methyl sites for hydroxylation is 1. The van der Waals surface area contributed by atoms with Gasteiger partial charge in [-0.25, -0.2) is 8.42 Å². The van der Waals surface area contributed by atoms with Crippen LogP contribution in [0.2, 0.25) is 5.02 Å².